The first kappa shape index (κ1) is 23.7. The molecule has 0 saturated heterocycles. The predicted molar refractivity (Wildman–Crippen MR) is 134 cm³/mol. The second kappa shape index (κ2) is 10.3. The van der Waals surface area contributed by atoms with Gasteiger partial charge in [-0.05, 0) is 35.4 Å². The van der Waals surface area contributed by atoms with E-state index in [-0.39, 0.29) is 13.1 Å². The van der Waals surface area contributed by atoms with E-state index in [1.54, 1.807) is 33.9 Å². The monoisotopic (exact) mass is 522 g/mol. The molecule has 0 N–H and O–H groups in total. The van der Waals surface area contributed by atoms with E-state index in [0.29, 0.717) is 34.5 Å². The molecule has 0 spiro atoms. The molecule has 2 aromatic carbocycles. The van der Waals surface area contributed by atoms with Crippen molar-refractivity contribution < 1.29 is 0 Å². The zero-order valence-corrected chi connectivity index (χ0v) is 20.4. The molecule has 10 nitrogen and oxygen atoms in total. The van der Waals surface area contributed by atoms with Crippen molar-refractivity contribution in [2.45, 2.75) is 26.2 Å². The lowest BCUT2D eigenvalue weighted by molar-refractivity contribution is 0.599. The van der Waals surface area contributed by atoms with Crippen LogP contribution in [-0.2, 0) is 26.2 Å². The van der Waals surface area contributed by atoms with Crippen molar-refractivity contribution in [2.24, 2.45) is 0 Å². The van der Waals surface area contributed by atoms with Crippen molar-refractivity contribution >= 4 is 23.2 Å². The van der Waals surface area contributed by atoms with Gasteiger partial charge >= 0.3 is 5.69 Å². The average molecular weight is 523 g/mol. The molecule has 0 bridgehead atoms. The van der Waals surface area contributed by atoms with Gasteiger partial charge in [-0.25, -0.2) is 14.2 Å². The molecule has 0 aliphatic rings. The minimum absolute atomic E-state index is 0.00236. The van der Waals surface area contributed by atoms with Crippen LogP contribution in [0.2, 0.25) is 10.0 Å². The van der Waals surface area contributed by atoms with Crippen molar-refractivity contribution in [3.8, 4) is 0 Å². The summed E-state index contributed by atoms with van der Waals surface area (Å²) in [6.45, 7) is 1.18. The Hall–Kier alpha value is -4.02. The van der Waals surface area contributed by atoms with Crippen LogP contribution in [-0.4, -0.2) is 39.1 Å². The Morgan fingerprint density at radius 3 is 1.67 bits per heavy atom. The predicted octanol–water partition coefficient (Wildman–Crippen LogP) is 2.69. The summed E-state index contributed by atoms with van der Waals surface area (Å²) >= 11 is 11.9. The van der Waals surface area contributed by atoms with Crippen LogP contribution in [0.4, 0.5) is 0 Å². The van der Waals surface area contributed by atoms with Gasteiger partial charge in [0, 0.05) is 22.3 Å². The summed E-state index contributed by atoms with van der Waals surface area (Å²) in [5, 5.41) is 17.8. The molecule has 12 heteroatoms. The Bertz CT molecular complexity index is 1600. The molecule has 3 heterocycles. The summed E-state index contributed by atoms with van der Waals surface area (Å²) in [4.78, 5) is 25.5. The van der Waals surface area contributed by atoms with E-state index < -0.39 is 11.2 Å². The topological polar surface area (TPSA) is 105 Å². The molecule has 36 heavy (non-hydrogen) atoms. The van der Waals surface area contributed by atoms with Gasteiger partial charge in [-0.3, -0.25) is 13.9 Å². The molecule has 5 aromatic rings. The van der Waals surface area contributed by atoms with E-state index in [0.717, 1.165) is 15.7 Å². The fourth-order valence-corrected chi connectivity index (χ4v) is 3.94. The zero-order valence-electron chi connectivity index (χ0n) is 18.9. The third-order valence-corrected chi connectivity index (χ3v) is 5.98. The third kappa shape index (κ3) is 5.61. The van der Waals surface area contributed by atoms with Gasteiger partial charge < -0.3 is 0 Å². The first-order chi connectivity index (χ1) is 17.4. The lowest BCUT2D eigenvalue weighted by Crippen LogP contribution is -2.39. The SMILES string of the molecule is O=c1ccn(Cc2cn(Cc3ccc(Cl)cc3)nn2)c(=O)n1Cc1cn(Cc2ccc(Cl)cc2)nn1. The van der Waals surface area contributed by atoms with Crippen LogP contribution in [0.25, 0.3) is 0 Å². The summed E-state index contributed by atoms with van der Waals surface area (Å²) < 4.78 is 5.85. The maximum Gasteiger partial charge on any atom is 0.331 e. The maximum absolute atomic E-state index is 13.0. The fraction of sp³-hybridized carbons (Fsp3) is 0.167. The van der Waals surface area contributed by atoms with E-state index in [4.69, 9.17) is 23.2 Å². The third-order valence-electron chi connectivity index (χ3n) is 5.48. The van der Waals surface area contributed by atoms with Crippen LogP contribution in [0.1, 0.15) is 22.5 Å². The molecule has 0 unspecified atom stereocenters. The molecule has 0 fully saturated rings. The van der Waals surface area contributed by atoms with Crippen LogP contribution in [0.5, 0.6) is 0 Å². The Labute approximate surface area is 214 Å². The number of benzene rings is 2. The molecule has 3 aromatic heterocycles. The Kier molecular flexibility index (Phi) is 6.79. The van der Waals surface area contributed by atoms with Gasteiger partial charge in [0.15, 0.2) is 0 Å². The van der Waals surface area contributed by atoms with Crippen molar-refractivity contribution in [3.63, 3.8) is 0 Å². The fourth-order valence-electron chi connectivity index (χ4n) is 3.69. The quantitative estimate of drug-likeness (QED) is 0.310. The summed E-state index contributed by atoms with van der Waals surface area (Å²) in [6, 6.07) is 16.2. The highest BCUT2D eigenvalue weighted by Gasteiger charge is 2.11. The van der Waals surface area contributed by atoms with Crippen molar-refractivity contribution in [3.05, 3.63) is 127 Å². The van der Waals surface area contributed by atoms with Gasteiger partial charge in [0.05, 0.1) is 38.6 Å². The second-order valence-electron chi connectivity index (χ2n) is 8.22. The highest BCUT2D eigenvalue weighted by atomic mass is 35.5. The second-order valence-corrected chi connectivity index (χ2v) is 9.09. The average Bonchev–Trinajstić information content (AvgIpc) is 3.50. The van der Waals surface area contributed by atoms with E-state index in [1.165, 1.54) is 16.8 Å². The standard InChI is InChI=1S/C24H20Cl2N8O2/c25-19-5-1-17(2-6-19)11-32-14-21(27-29-32)13-31-10-9-23(35)34(24(31)36)16-22-15-33(30-28-22)12-18-3-7-20(26)8-4-18/h1-10,14-15H,11-13,16H2. The van der Waals surface area contributed by atoms with Crippen LogP contribution in [0, 0.1) is 0 Å². The van der Waals surface area contributed by atoms with Gasteiger partial charge in [0.25, 0.3) is 5.56 Å². The van der Waals surface area contributed by atoms with E-state index >= 15 is 0 Å². The molecule has 0 saturated carbocycles. The Balaban J connectivity index is 1.29. The number of halogens is 2. The van der Waals surface area contributed by atoms with E-state index in [2.05, 4.69) is 20.6 Å². The summed E-state index contributed by atoms with van der Waals surface area (Å²) in [6.07, 6.45) is 4.93. The van der Waals surface area contributed by atoms with Crippen LogP contribution < -0.4 is 11.2 Å². The van der Waals surface area contributed by atoms with Crippen LogP contribution >= 0.6 is 23.2 Å². The van der Waals surface area contributed by atoms with Gasteiger partial charge in [-0.1, -0.05) is 57.9 Å². The summed E-state index contributed by atoms with van der Waals surface area (Å²) in [5.41, 5.74) is 2.21. The first-order valence-corrected chi connectivity index (χ1v) is 11.8. The van der Waals surface area contributed by atoms with Gasteiger partial charge in [0.1, 0.15) is 11.4 Å². The molecule has 5 rings (SSSR count). The summed E-state index contributed by atoms with van der Waals surface area (Å²) in [5.74, 6) is 0. The minimum Gasteiger partial charge on any atom is -0.294 e. The lowest BCUT2D eigenvalue weighted by Gasteiger charge is -2.07. The van der Waals surface area contributed by atoms with Crippen molar-refractivity contribution in [2.75, 3.05) is 0 Å². The molecular formula is C24H20Cl2N8O2. The molecule has 0 radical (unpaired) electrons. The lowest BCUT2D eigenvalue weighted by atomic mass is 10.2. The number of aromatic nitrogens is 8. The van der Waals surface area contributed by atoms with Crippen LogP contribution in [0.3, 0.4) is 0 Å². The molecule has 0 aliphatic carbocycles. The maximum atomic E-state index is 13.0. The highest BCUT2D eigenvalue weighted by Crippen LogP contribution is 2.11. The Morgan fingerprint density at radius 2 is 1.14 bits per heavy atom. The van der Waals surface area contributed by atoms with Crippen molar-refractivity contribution in [1.82, 2.24) is 39.1 Å². The molecule has 182 valence electrons. The van der Waals surface area contributed by atoms with Gasteiger partial charge in [0.2, 0.25) is 0 Å². The van der Waals surface area contributed by atoms with E-state index in [1.807, 2.05) is 36.4 Å². The highest BCUT2D eigenvalue weighted by molar-refractivity contribution is 6.30. The Morgan fingerprint density at radius 1 is 0.639 bits per heavy atom. The van der Waals surface area contributed by atoms with Gasteiger partial charge in [-0.15, -0.1) is 10.2 Å². The number of nitrogens with zero attached hydrogens (tertiary/aromatic N) is 8. The molecular weight excluding hydrogens is 503 g/mol. The first-order valence-electron chi connectivity index (χ1n) is 11.0. The molecule has 0 aliphatic heterocycles. The largest absolute Gasteiger partial charge is 0.331 e. The minimum atomic E-state index is -0.470. The number of hydrogen-bond acceptors (Lipinski definition) is 6. The molecule has 0 amide bonds. The normalized spacial score (nSPS) is 11.2. The zero-order chi connectivity index (χ0) is 25.1. The smallest absolute Gasteiger partial charge is 0.294 e. The summed E-state index contributed by atoms with van der Waals surface area (Å²) in [7, 11) is 0. The van der Waals surface area contributed by atoms with E-state index in [9.17, 15) is 9.59 Å². The molecule has 0 atom stereocenters. The van der Waals surface area contributed by atoms with Crippen LogP contribution in [0.15, 0.2) is 82.8 Å². The van der Waals surface area contributed by atoms with Crippen molar-refractivity contribution in [1.29, 1.82) is 0 Å². The number of rotatable bonds is 8. The van der Waals surface area contributed by atoms with Gasteiger partial charge in [-0.2, -0.15) is 0 Å². The number of hydrogen-bond donors (Lipinski definition) is 0.